The van der Waals surface area contributed by atoms with E-state index in [0.717, 1.165) is 35.1 Å². The van der Waals surface area contributed by atoms with E-state index in [-0.39, 0.29) is 36.7 Å². The molecule has 2 N–H and O–H groups in total. The first kappa shape index (κ1) is 23.4. The first-order valence-electron chi connectivity index (χ1n) is 12.5. The second kappa shape index (κ2) is 9.02. The number of piperidine rings is 1. The molecule has 184 valence electrons. The predicted molar refractivity (Wildman–Crippen MR) is 131 cm³/mol. The molecule has 1 saturated heterocycles. The number of benzene rings is 2. The Morgan fingerprint density at radius 3 is 2.31 bits per heavy atom. The Bertz CT molecular complexity index is 1120. The molecule has 35 heavy (non-hydrogen) atoms. The van der Waals surface area contributed by atoms with Crippen molar-refractivity contribution in [1.29, 1.82) is 0 Å². The van der Waals surface area contributed by atoms with Crippen molar-refractivity contribution in [3.8, 4) is 11.1 Å². The number of likely N-dealkylation sites (tertiary alicyclic amines) is 1. The minimum absolute atomic E-state index is 0.0139. The van der Waals surface area contributed by atoms with Crippen molar-refractivity contribution in [3.63, 3.8) is 0 Å². The molecule has 3 aliphatic rings. The summed E-state index contributed by atoms with van der Waals surface area (Å²) in [7, 11) is 0. The molecule has 0 spiro atoms. The van der Waals surface area contributed by atoms with Gasteiger partial charge < -0.3 is 20.1 Å². The van der Waals surface area contributed by atoms with Crippen LogP contribution in [0.1, 0.15) is 56.6 Å². The maximum Gasteiger partial charge on any atom is 0.407 e. The molecule has 0 radical (unpaired) electrons. The molecule has 7 nitrogen and oxygen atoms in total. The van der Waals surface area contributed by atoms with E-state index in [4.69, 9.17) is 4.74 Å². The summed E-state index contributed by atoms with van der Waals surface area (Å²) in [6.07, 6.45) is 1.69. The third-order valence-electron chi connectivity index (χ3n) is 8.01. The van der Waals surface area contributed by atoms with Gasteiger partial charge in [-0.25, -0.2) is 9.59 Å². The van der Waals surface area contributed by atoms with Crippen LogP contribution in [0.2, 0.25) is 0 Å². The molecular formula is C28H32N2O5. The second-order valence-electron chi connectivity index (χ2n) is 10.3. The number of aliphatic carboxylic acids is 1. The molecule has 2 aromatic carbocycles. The van der Waals surface area contributed by atoms with Crippen molar-refractivity contribution in [2.24, 2.45) is 11.8 Å². The second-order valence-corrected chi connectivity index (χ2v) is 10.3. The molecule has 3 atom stereocenters. The van der Waals surface area contributed by atoms with Gasteiger partial charge in [0, 0.05) is 24.9 Å². The lowest BCUT2D eigenvalue weighted by molar-refractivity contribution is -0.154. The molecule has 1 saturated carbocycles. The number of nitrogens with zero attached hydrogens (tertiary/aromatic N) is 1. The average Bonchev–Trinajstić information content (AvgIpc) is 3.53. The smallest absolute Gasteiger partial charge is 0.407 e. The number of carbonyl (C=O) groups excluding carboxylic acids is 2. The minimum Gasteiger partial charge on any atom is -0.479 e. The van der Waals surface area contributed by atoms with E-state index >= 15 is 0 Å². The molecule has 7 heteroatoms. The van der Waals surface area contributed by atoms with Gasteiger partial charge in [-0.1, -0.05) is 62.4 Å². The van der Waals surface area contributed by atoms with Gasteiger partial charge in [0.15, 0.2) is 0 Å². The standard InChI is InChI=1S/C28H32N2O5/c1-17(2)24(14-25(31)30-13-7-8-18-15-28(18,30)26(32)33)29-27(34)35-16-23-21-11-5-3-9-19(21)20-10-4-6-12-22(20)23/h3-6,9-12,17-18,23-24H,7-8,13-16H2,1-2H3,(H,29,34)(H,32,33)/t18-,24+,28+/m1/s1. The highest BCUT2D eigenvalue weighted by Crippen LogP contribution is 2.54. The zero-order valence-corrected chi connectivity index (χ0v) is 20.2. The highest BCUT2D eigenvalue weighted by molar-refractivity contribution is 5.91. The Kier molecular flexibility index (Phi) is 6.03. The van der Waals surface area contributed by atoms with E-state index in [0.29, 0.717) is 13.0 Å². The summed E-state index contributed by atoms with van der Waals surface area (Å²) in [6.45, 7) is 4.53. The van der Waals surface area contributed by atoms with Gasteiger partial charge in [0.25, 0.3) is 0 Å². The van der Waals surface area contributed by atoms with Gasteiger partial charge in [-0.15, -0.1) is 0 Å². The minimum atomic E-state index is -1.04. The van der Waals surface area contributed by atoms with Crippen molar-refractivity contribution in [3.05, 3.63) is 59.7 Å². The lowest BCUT2D eigenvalue weighted by atomic mass is 9.97. The molecule has 2 fully saturated rings. The summed E-state index contributed by atoms with van der Waals surface area (Å²) in [6, 6.07) is 15.9. The van der Waals surface area contributed by atoms with Crippen LogP contribution >= 0.6 is 0 Å². The summed E-state index contributed by atoms with van der Waals surface area (Å²) < 4.78 is 5.67. The number of carbonyl (C=O) groups is 3. The number of amides is 2. The number of carboxylic acid groups (broad SMARTS) is 1. The fourth-order valence-electron chi connectivity index (χ4n) is 5.95. The molecule has 2 amide bonds. The molecule has 0 bridgehead atoms. The van der Waals surface area contributed by atoms with Crippen LogP contribution in [0.3, 0.4) is 0 Å². The van der Waals surface area contributed by atoms with Crippen molar-refractivity contribution in [2.45, 2.75) is 57.0 Å². The van der Waals surface area contributed by atoms with E-state index < -0.39 is 23.6 Å². The van der Waals surface area contributed by atoms with Gasteiger partial charge >= 0.3 is 12.1 Å². The molecule has 1 heterocycles. The largest absolute Gasteiger partial charge is 0.479 e. The number of rotatable bonds is 7. The Labute approximate surface area is 205 Å². The Morgan fingerprint density at radius 2 is 1.71 bits per heavy atom. The summed E-state index contributed by atoms with van der Waals surface area (Å²) in [4.78, 5) is 39.4. The van der Waals surface area contributed by atoms with Crippen molar-refractivity contribution < 1.29 is 24.2 Å². The number of ether oxygens (including phenoxy) is 1. The van der Waals surface area contributed by atoms with Crippen LogP contribution in [-0.4, -0.2) is 52.7 Å². The molecule has 2 aromatic rings. The fraction of sp³-hybridized carbons (Fsp3) is 0.464. The number of alkyl carbamates (subject to hydrolysis) is 1. The van der Waals surface area contributed by atoms with E-state index in [1.807, 2.05) is 38.1 Å². The van der Waals surface area contributed by atoms with Gasteiger partial charge in [0.1, 0.15) is 12.1 Å². The topological polar surface area (TPSA) is 95.9 Å². The lowest BCUT2D eigenvalue weighted by Crippen LogP contribution is -2.53. The molecule has 5 rings (SSSR count). The predicted octanol–water partition coefficient (Wildman–Crippen LogP) is 4.41. The zero-order chi connectivity index (χ0) is 24.7. The molecule has 1 aliphatic heterocycles. The van der Waals surface area contributed by atoms with Crippen LogP contribution in [0.15, 0.2) is 48.5 Å². The van der Waals surface area contributed by atoms with Crippen LogP contribution in [-0.2, 0) is 14.3 Å². The van der Waals surface area contributed by atoms with E-state index in [1.54, 1.807) is 0 Å². The van der Waals surface area contributed by atoms with E-state index in [9.17, 15) is 19.5 Å². The third kappa shape index (κ3) is 4.07. The van der Waals surface area contributed by atoms with Gasteiger partial charge in [-0.2, -0.15) is 0 Å². The molecule has 0 aromatic heterocycles. The van der Waals surface area contributed by atoms with Crippen molar-refractivity contribution in [2.75, 3.05) is 13.2 Å². The van der Waals surface area contributed by atoms with Crippen LogP contribution in [0.25, 0.3) is 11.1 Å². The van der Waals surface area contributed by atoms with Crippen molar-refractivity contribution in [1.82, 2.24) is 10.2 Å². The summed E-state index contributed by atoms with van der Waals surface area (Å²) in [5.41, 5.74) is 3.56. The number of nitrogens with one attached hydrogen (secondary N) is 1. The lowest BCUT2D eigenvalue weighted by Gasteiger charge is -2.35. The number of carboxylic acids is 1. The third-order valence-corrected chi connectivity index (χ3v) is 8.01. The van der Waals surface area contributed by atoms with E-state index in [1.165, 1.54) is 4.90 Å². The fourth-order valence-corrected chi connectivity index (χ4v) is 5.95. The first-order valence-corrected chi connectivity index (χ1v) is 12.5. The Balaban J connectivity index is 1.23. The summed E-state index contributed by atoms with van der Waals surface area (Å²) in [5.74, 6) is -1.14. The number of hydrogen-bond acceptors (Lipinski definition) is 4. The summed E-state index contributed by atoms with van der Waals surface area (Å²) in [5, 5.41) is 12.6. The zero-order valence-electron chi connectivity index (χ0n) is 20.2. The average molecular weight is 477 g/mol. The Hall–Kier alpha value is -3.35. The Morgan fingerprint density at radius 1 is 1.09 bits per heavy atom. The van der Waals surface area contributed by atoms with Crippen LogP contribution in [0.4, 0.5) is 4.79 Å². The van der Waals surface area contributed by atoms with Gasteiger partial charge in [-0.05, 0) is 53.4 Å². The van der Waals surface area contributed by atoms with Crippen molar-refractivity contribution >= 4 is 18.0 Å². The monoisotopic (exact) mass is 476 g/mol. The highest BCUT2D eigenvalue weighted by Gasteiger charge is 2.66. The SMILES string of the molecule is CC(C)[C@H](CC(=O)N1CCC[C@@H]2C[C@@]21C(=O)O)NC(=O)OCC1c2ccccc2-c2ccccc21. The quantitative estimate of drug-likeness (QED) is 0.617. The first-order chi connectivity index (χ1) is 16.8. The van der Waals surface area contributed by atoms with Gasteiger partial charge in [0.2, 0.25) is 5.91 Å². The van der Waals surface area contributed by atoms with Crippen LogP contribution in [0.5, 0.6) is 0 Å². The molecule has 0 unspecified atom stereocenters. The number of fused-ring (bicyclic) bond motifs is 4. The maximum absolute atomic E-state index is 13.2. The van der Waals surface area contributed by atoms with Gasteiger partial charge in [-0.3, -0.25) is 4.79 Å². The van der Waals surface area contributed by atoms with Crippen LogP contribution < -0.4 is 5.32 Å². The van der Waals surface area contributed by atoms with Gasteiger partial charge in [0.05, 0.1) is 0 Å². The van der Waals surface area contributed by atoms with E-state index in [2.05, 4.69) is 29.6 Å². The van der Waals surface area contributed by atoms with Crippen LogP contribution in [0, 0.1) is 11.8 Å². The molecule has 2 aliphatic carbocycles. The molecular weight excluding hydrogens is 444 g/mol. The maximum atomic E-state index is 13.2. The normalized spacial score (nSPS) is 23.2. The number of hydrogen-bond donors (Lipinski definition) is 2. The highest BCUT2D eigenvalue weighted by atomic mass is 16.5. The summed E-state index contributed by atoms with van der Waals surface area (Å²) >= 11 is 0.